The molecule has 1 N–H and O–H groups in total. The third-order valence-corrected chi connectivity index (χ3v) is 4.23. The average Bonchev–Trinajstić information content (AvgIpc) is 3.03. The highest BCUT2D eigenvalue weighted by atomic mass is 32.1. The van der Waals surface area contributed by atoms with E-state index in [-0.39, 0.29) is 17.7 Å². The topological polar surface area (TPSA) is 55.6 Å². The maximum atomic E-state index is 12.3. The normalized spacial score (nSPS) is 23.2. The second-order valence-corrected chi connectivity index (χ2v) is 5.65. The van der Waals surface area contributed by atoms with Gasteiger partial charge >= 0.3 is 0 Å². The number of nitrogens with one attached hydrogen (secondary N) is 1. The molecule has 3 rings (SSSR count). The SMILES string of the molecule is CCNC1COCC1C(=O)Cc1cn2ccsc2n1. The van der Waals surface area contributed by atoms with Crippen molar-refractivity contribution >= 4 is 22.1 Å². The zero-order valence-electron chi connectivity index (χ0n) is 10.8. The number of nitrogens with zero attached hydrogens (tertiary/aromatic N) is 2. The molecular formula is C13H17N3O2S. The molecule has 0 saturated carbocycles. The van der Waals surface area contributed by atoms with Crippen molar-refractivity contribution < 1.29 is 9.53 Å². The third-order valence-electron chi connectivity index (χ3n) is 3.46. The molecule has 0 spiro atoms. The number of carbonyl (C=O) groups is 1. The Hall–Kier alpha value is -1.24. The van der Waals surface area contributed by atoms with Crippen molar-refractivity contribution in [2.45, 2.75) is 19.4 Å². The molecule has 2 atom stereocenters. The predicted molar refractivity (Wildman–Crippen MR) is 73.6 cm³/mol. The predicted octanol–water partition coefficient (Wildman–Crippen LogP) is 1.13. The highest BCUT2D eigenvalue weighted by Crippen LogP contribution is 2.18. The van der Waals surface area contributed by atoms with Crippen molar-refractivity contribution in [2.75, 3.05) is 19.8 Å². The summed E-state index contributed by atoms with van der Waals surface area (Å²) in [6.07, 6.45) is 4.28. The van der Waals surface area contributed by atoms with E-state index in [4.69, 9.17) is 4.74 Å². The molecule has 2 unspecified atom stereocenters. The van der Waals surface area contributed by atoms with Gasteiger partial charge < -0.3 is 10.1 Å². The first-order valence-corrected chi connectivity index (χ1v) is 7.41. The van der Waals surface area contributed by atoms with Gasteiger partial charge in [0.05, 0.1) is 31.2 Å². The van der Waals surface area contributed by atoms with Gasteiger partial charge in [-0.2, -0.15) is 0 Å². The summed E-state index contributed by atoms with van der Waals surface area (Å²) < 4.78 is 7.38. The van der Waals surface area contributed by atoms with E-state index in [0.29, 0.717) is 19.6 Å². The summed E-state index contributed by atoms with van der Waals surface area (Å²) in [4.78, 5) is 17.7. The van der Waals surface area contributed by atoms with Crippen LogP contribution in [0.4, 0.5) is 0 Å². The fourth-order valence-corrected chi connectivity index (χ4v) is 3.22. The molecule has 3 heterocycles. The Morgan fingerprint density at radius 3 is 3.32 bits per heavy atom. The lowest BCUT2D eigenvalue weighted by Crippen LogP contribution is -2.39. The average molecular weight is 279 g/mol. The summed E-state index contributed by atoms with van der Waals surface area (Å²) in [5, 5.41) is 5.30. The number of carbonyl (C=O) groups excluding carboxylic acids is 1. The van der Waals surface area contributed by atoms with Crippen LogP contribution in [-0.2, 0) is 16.0 Å². The van der Waals surface area contributed by atoms with Gasteiger partial charge in [-0.1, -0.05) is 6.92 Å². The lowest BCUT2D eigenvalue weighted by Gasteiger charge is -2.16. The van der Waals surface area contributed by atoms with E-state index < -0.39 is 0 Å². The van der Waals surface area contributed by atoms with Crippen LogP contribution >= 0.6 is 11.3 Å². The monoisotopic (exact) mass is 279 g/mol. The maximum Gasteiger partial charge on any atom is 0.193 e. The molecule has 0 amide bonds. The molecular weight excluding hydrogens is 262 g/mol. The molecule has 2 aromatic rings. The summed E-state index contributed by atoms with van der Waals surface area (Å²) >= 11 is 1.58. The van der Waals surface area contributed by atoms with Crippen molar-refractivity contribution in [2.24, 2.45) is 5.92 Å². The summed E-state index contributed by atoms with van der Waals surface area (Å²) in [7, 11) is 0. The minimum absolute atomic E-state index is 0.0420. The Kier molecular flexibility index (Phi) is 3.63. The van der Waals surface area contributed by atoms with Gasteiger partial charge in [0, 0.05) is 23.8 Å². The minimum atomic E-state index is -0.0420. The Labute approximate surface area is 115 Å². The quantitative estimate of drug-likeness (QED) is 0.891. The number of likely N-dealkylation sites (N-methyl/N-ethyl adjacent to an activating group) is 1. The van der Waals surface area contributed by atoms with E-state index in [9.17, 15) is 4.79 Å². The molecule has 102 valence electrons. The highest BCUT2D eigenvalue weighted by molar-refractivity contribution is 7.15. The highest BCUT2D eigenvalue weighted by Gasteiger charge is 2.33. The van der Waals surface area contributed by atoms with Crippen LogP contribution in [0.15, 0.2) is 17.8 Å². The van der Waals surface area contributed by atoms with Gasteiger partial charge in [0.1, 0.15) is 5.78 Å². The largest absolute Gasteiger partial charge is 0.379 e. The van der Waals surface area contributed by atoms with E-state index >= 15 is 0 Å². The minimum Gasteiger partial charge on any atom is -0.379 e. The lowest BCUT2D eigenvalue weighted by molar-refractivity contribution is -0.122. The molecule has 0 aromatic carbocycles. The van der Waals surface area contributed by atoms with Gasteiger partial charge in [-0.3, -0.25) is 9.20 Å². The fourth-order valence-electron chi connectivity index (χ4n) is 2.51. The number of ether oxygens (including phenoxy) is 1. The molecule has 1 saturated heterocycles. The number of hydrogen-bond donors (Lipinski definition) is 1. The van der Waals surface area contributed by atoms with E-state index in [1.54, 1.807) is 11.3 Å². The number of rotatable bonds is 5. The first kappa shape index (κ1) is 12.8. The maximum absolute atomic E-state index is 12.3. The zero-order valence-corrected chi connectivity index (χ0v) is 11.7. The molecule has 6 heteroatoms. The Morgan fingerprint density at radius 1 is 1.63 bits per heavy atom. The van der Waals surface area contributed by atoms with Gasteiger partial charge in [-0.25, -0.2) is 4.98 Å². The van der Waals surface area contributed by atoms with Gasteiger partial charge in [0.15, 0.2) is 4.96 Å². The van der Waals surface area contributed by atoms with Gasteiger partial charge in [0.25, 0.3) is 0 Å². The van der Waals surface area contributed by atoms with E-state index in [2.05, 4.69) is 10.3 Å². The number of thiazole rings is 1. The van der Waals surface area contributed by atoms with E-state index in [1.165, 1.54) is 0 Å². The molecule has 19 heavy (non-hydrogen) atoms. The first-order valence-electron chi connectivity index (χ1n) is 6.53. The van der Waals surface area contributed by atoms with Crippen LogP contribution in [0.1, 0.15) is 12.6 Å². The summed E-state index contributed by atoms with van der Waals surface area (Å²) in [6.45, 7) is 4.06. The van der Waals surface area contributed by atoms with Crippen molar-refractivity contribution in [3.05, 3.63) is 23.5 Å². The van der Waals surface area contributed by atoms with Crippen LogP contribution in [0, 0.1) is 5.92 Å². The summed E-state index contributed by atoms with van der Waals surface area (Å²) in [5.74, 6) is 0.175. The number of imidazole rings is 1. The molecule has 1 aliphatic rings. The van der Waals surface area contributed by atoms with Crippen LogP contribution < -0.4 is 5.32 Å². The van der Waals surface area contributed by atoms with Crippen LogP contribution in [0.25, 0.3) is 4.96 Å². The number of fused-ring (bicyclic) bond motifs is 1. The summed E-state index contributed by atoms with van der Waals surface area (Å²) in [6, 6.07) is 0.154. The van der Waals surface area contributed by atoms with Gasteiger partial charge in [-0.15, -0.1) is 11.3 Å². The van der Waals surface area contributed by atoms with Crippen molar-refractivity contribution in [3.8, 4) is 0 Å². The molecule has 1 aliphatic heterocycles. The van der Waals surface area contributed by atoms with E-state index in [0.717, 1.165) is 17.2 Å². The van der Waals surface area contributed by atoms with Gasteiger partial charge in [0.2, 0.25) is 0 Å². The van der Waals surface area contributed by atoms with Crippen LogP contribution in [0.5, 0.6) is 0 Å². The number of ketones is 1. The molecule has 5 nitrogen and oxygen atoms in total. The second-order valence-electron chi connectivity index (χ2n) is 4.78. The summed E-state index contributed by atoms with van der Waals surface area (Å²) in [5.41, 5.74) is 0.846. The second kappa shape index (κ2) is 5.40. The number of aromatic nitrogens is 2. The molecule has 0 aliphatic carbocycles. The van der Waals surface area contributed by atoms with Crippen molar-refractivity contribution in [1.29, 1.82) is 0 Å². The zero-order chi connectivity index (χ0) is 13.2. The Morgan fingerprint density at radius 2 is 2.53 bits per heavy atom. The van der Waals surface area contributed by atoms with E-state index in [1.807, 2.05) is 29.1 Å². The smallest absolute Gasteiger partial charge is 0.193 e. The molecule has 1 fully saturated rings. The number of Topliss-reactive ketones (excluding diaryl/α,β-unsaturated/α-hetero) is 1. The Balaban J connectivity index is 1.68. The Bertz CT molecular complexity index is 549. The van der Waals surface area contributed by atoms with Gasteiger partial charge in [-0.05, 0) is 6.54 Å². The first-order chi connectivity index (χ1) is 9.28. The van der Waals surface area contributed by atoms with Crippen LogP contribution in [0.3, 0.4) is 0 Å². The molecule has 0 radical (unpaired) electrons. The molecule has 0 bridgehead atoms. The molecule has 2 aromatic heterocycles. The lowest BCUT2D eigenvalue weighted by atomic mass is 9.95. The van der Waals surface area contributed by atoms with Crippen molar-refractivity contribution in [1.82, 2.24) is 14.7 Å². The third kappa shape index (κ3) is 2.56. The fraction of sp³-hybridized carbons (Fsp3) is 0.538. The van der Waals surface area contributed by atoms with Crippen LogP contribution in [-0.4, -0.2) is 41.0 Å². The van der Waals surface area contributed by atoms with Crippen molar-refractivity contribution in [3.63, 3.8) is 0 Å². The van der Waals surface area contributed by atoms with Crippen LogP contribution in [0.2, 0.25) is 0 Å². The standard InChI is InChI=1S/C13H17N3O2S/c1-2-14-11-8-18-7-10(11)12(17)5-9-6-16-3-4-19-13(16)15-9/h3-4,6,10-11,14H,2,5,7-8H2,1H3. The number of hydrogen-bond acceptors (Lipinski definition) is 5.